The van der Waals surface area contributed by atoms with E-state index in [9.17, 15) is 9.90 Å². The average molecular weight is 192 g/mol. The molecule has 4 N–H and O–H groups in total. The highest BCUT2D eigenvalue weighted by Gasteiger charge is 2.31. The maximum Gasteiger partial charge on any atom is 0.223 e. The molecule has 1 aromatic rings. The van der Waals surface area contributed by atoms with Crippen LogP contribution in [0.25, 0.3) is 0 Å². The molecule has 0 saturated carbocycles. The molecule has 2 unspecified atom stereocenters. The minimum atomic E-state index is -0.649. The third-order valence-corrected chi connectivity index (χ3v) is 2.37. The van der Waals surface area contributed by atoms with Gasteiger partial charge in [-0.2, -0.15) is 0 Å². The van der Waals surface area contributed by atoms with Gasteiger partial charge in [-0.1, -0.05) is 12.1 Å². The van der Waals surface area contributed by atoms with Crippen molar-refractivity contribution >= 4 is 11.6 Å². The van der Waals surface area contributed by atoms with Crippen LogP contribution in [0.4, 0.5) is 5.69 Å². The van der Waals surface area contributed by atoms with Crippen LogP contribution in [0, 0.1) is 0 Å². The van der Waals surface area contributed by atoms with Crippen molar-refractivity contribution in [3.63, 3.8) is 0 Å². The Balaban J connectivity index is 2.27. The van der Waals surface area contributed by atoms with Gasteiger partial charge >= 0.3 is 0 Å². The molecule has 2 rings (SSSR count). The number of rotatable bonds is 1. The van der Waals surface area contributed by atoms with Crippen molar-refractivity contribution < 1.29 is 9.90 Å². The summed E-state index contributed by atoms with van der Waals surface area (Å²) in [5.41, 5.74) is 7.10. The summed E-state index contributed by atoms with van der Waals surface area (Å²) < 4.78 is 0. The fourth-order valence-electron chi connectivity index (χ4n) is 1.69. The summed E-state index contributed by atoms with van der Waals surface area (Å²) >= 11 is 0. The van der Waals surface area contributed by atoms with Gasteiger partial charge in [-0.15, -0.1) is 0 Å². The first kappa shape index (κ1) is 9.02. The molecule has 1 fully saturated rings. The Bertz CT molecular complexity index is 365. The Morgan fingerprint density at radius 1 is 1.50 bits per heavy atom. The lowest BCUT2D eigenvalue weighted by atomic mass is 10.0. The molecule has 1 saturated heterocycles. The molecule has 74 valence electrons. The van der Waals surface area contributed by atoms with Gasteiger partial charge in [0.15, 0.2) is 0 Å². The van der Waals surface area contributed by atoms with Crippen LogP contribution in [0.2, 0.25) is 0 Å². The van der Waals surface area contributed by atoms with E-state index in [2.05, 4.69) is 5.32 Å². The van der Waals surface area contributed by atoms with Crippen LogP contribution in [-0.4, -0.2) is 17.1 Å². The van der Waals surface area contributed by atoms with Crippen LogP contribution in [-0.2, 0) is 4.79 Å². The molecule has 4 heteroatoms. The Morgan fingerprint density at radius 2 is 2.29 bits per heavy atom. The Kier molecular flexibility index (Phi) is 2.13. The third-order valence-electron chi connectivity index (χ3n) is 2.37. The lowest BCUT2D eigenvalue weighted by Crippen LogP contribution is -2.22. The van der Waals surface area contributed by atoms with E-state index in [1.165, 1.54) is 0 Å². The van der Waals surface area contributed by atoms with Crippen molar-refractivity contribution in [3.05, 3.63) is 29.8 Å². The monoisotopic (exact) mass is 192 g/mol. The molecule has 1 aliphatic rings. The summed E-state index contributed by atoms with van der Waals surface area (Å²) in [6, 6.07) is 6.87. The quantitative estimate of drug-likeness (QED) is 0.556. The molecular weight excluding hydrogens is 180 g/mol. The smallest absolute Gasteiger partial charge is 0.223 e. The van der Waals surface area contributed by atoms with E-state index in [0.29, 0.717) is 5.69 Å². The summed E-state index contributed by atoms with van der Waals surface area (Å²) in [5.74, 6) is -0.120. The fraction of sp³-hybridized carbons (Fsp3) is 0.300. The summed E-state index contributed by atoms with van der Waals surface area (Å²) in [6.45, 7) is 0. The van der Waals surface area contributed by atoms with E-state index >= 15 is 0 Å². The van der Waals surface area contributed by atoms with E-state index < -0.39 is 6.10 Å². The number of amides is 1. The Morgan fingerprint density at radius 3 is 2.86 bits per heavy atom. The van der Waals surface area contributed by atoms with Gasteiger partial charge in [-0.3, -0.25) is 4.79 Å². The second kappa shape index (κ2) is 3.31. The SMILES string of the molecule is Nc1cccc(C2NC(=O)CC2O)c1. The van der Waals surface area contributed by atoms with E-state index in [1.807, 2.05) is 12.1 Å². The maximum absolute atomic E-state index is 11.0. The van der Waals surface area contributed by atoms with Gasteiger partial charge in [0.25, 0.3) is 0 Å². The molecule has 1 amide bonds. The first-order chi connectivity index (χ1) is 6.66. The zero-order valence-electron chi connectivity index (χ0n) is 7.60. The second-order valence-electron chi connectivity index (χ2n) is 3.49. The number of nitrogens with two attached hydrogens (primary N) is 1. The topological polar surface area (TPSA) is 75.3 Å². The number of hydrogen-bond acceptors (Lipinski definition) is 3. The minimum Gasteiger partial charge on any atom is -0.399 e. The van der Waals surface area contributed by atoms with E-state index in [-0.39, 0.29) is 18.4 Å². The standard InChI is InChI=1S/C10H12N2O2/c11-7-3-1-2-6(4-7)10-8(13)5-9(14)12-10/h1-4,8,10,13H,5,11H2,(H,12,14). The first-order valence-corrected chi connectivity index (χ1v) is 4.49. The van der Waals surface area contributed by atoms with Crippen LogP contribution >= 0.6 is 0 Å². The molecule has 0 aromatic heterocycles. The zero-order chi connectivity index (χ0) is 10.1. The number of nitrogens with one attached hydrogen (secondary N) is 1. The number of aliphatic hydroxyl groups excluding tert-OH is 1. The van der Waals surface area contributed by atoms with Gasteiger partial charge in [0, 0.05) is 5.69 Å². The van der Waals surface area contributed by atoms with Crippen molar-refractivity contribution in [2.45, 2.75) is 18.6 Å². The van der Waals surface area contributed by atoms with E-state index in [4.69, 9.17) is 5.73 Å². The van der Waals surface area contributed by atoms with E-state index in [1.54, 1.807) is 12.1 Å². The number of benzene rings is 1. The number of carbonyl (C=O) groups is 1. The molecular formula is C10H12N2O2. The van der Waals surface area contributed by atoms with Crippen molar-refractivity contribution in [2.75, 3.05) is 5.73 Å². The summed E-state index contributed by atoms with van der Waals surface area (Å²) in [4.78, 5) is 11.0. The molecule has 0 aliphatic carbocycles. The molecule has 1 heterocycles. The molecule has 1 aromatic carbocycles. The molecule has 0 bridgehead atoms. The molecule has 2 atom stereocenters. The van der Waals surface area contributed by atoms with E-state index in [0.717, 1.165) is 5.56 Å². The van der Waals surface area contributed by atoms with Gasteiger partial charge in [0.05, 0.1) is 18.6 Å². The van der Waals surface area contributed by atoms with Gasteiger partial charge in [0.1, 0.15) is 0 Å². The Labute approximate surface area is 81.7 Å². The zero-order valence-corrected chi connectivity index (χ0v) is 7.60. The third kappa shape index (κ3) is 1.56. The molecule has 0 spiro atoms. The predicted molar refractivity (Wildman–Crippen MR) is 52.4 cm³/mol. The van der Waals surface area contributed by atoms with Gasteiger partial charge in [-0.05, 0) is 17.7 Å². The number of carbonyl (C=O) groups excluding carboxylic acids is 1. The van der Waals surface area contributed by atoms with Gasteiger partial charge in [-0.25, -0.2) is 0 Å². The number of anilines is 1. The highest BCUT2D eigenvalue weighted by Crippen LogP contribution is 2.25. The second-order valence-corrected chi connectivity index (χ2v) is 3.49. The molecule has 4 nitrogen and oxygen atoms in total. The molecule has 1 aliphatic heterocycles. The molecule has 0 radical (unpaired) electrons. The summed E-state index contributed by atoms with van der Waals surface area (Å²) in [5, 5.41) is 12.3. The highest BCUT2D eigenvalue weighted by atomic mass is 16.3. The lowest BCUT2D eigenvalue weighted by molar-refractivity contribution is -0.119. The van der Waals surface area contributed by atoms with Crippen LogP contribution in [0.15, 0.2) is 24.3 Å². The largest absolute Gasteiger partial charge is 0.399 e. The van der Waals surface area contributed by atoms with Crippen molar-refractivity contribution in [3.8, 4) is 0 Å². The fourth-order valence-corrected chi connectivity index (χ4v) is 1.69. The van der Waals surface area contributed by atoms with Crippen molar-refractivity contribution in [1.29, 1.82) is 0 Å². The number of nitrogen functional groups attached to an aromatic ring is 1. The normalized spacial score (nSPS) is 26.2. The van der Waals surface area contributed by atoms with Crippen molar-refractivity contribution in [1.82, 2.24) is 5.32 Å². The molecule has 14 heavy (non-hydrogen) atoms. The predicted octanol–water partition coefficient (Wildman–Crippen LogP) is 0.191. The lowest BCUT2D eigenvalue weighted by Gasteiger charge is -2.14. The van der Waals surface area contributed by atoms with Crippen LogP contribution in [0.1, 0.15) is 18.0 Å². The maximum atomic E-state index is 11.0. The average Bonchev–Trinajstić information content (AvgIpc) is 2.45. The summed E-state index contributed by atoms with van der Waals surface area (Å²) in [7, 11) is 0. The Hall–Kier alpha value is -1.55. The minimum absolute atomic E-state index is 0.120. The van der Waals surface area contributed by atoms with Crippen LogP contribution < -0.4 is 11.1 Å². The first-order valence-electron chi connectivity index (χ1n) is 4.49. The van der Waals surface area contributed by atoms with Crippen LogP contribution in [0.5, 0.6) is 0 Å². The summed E-state index contributed by atoms with van der Waals surface area (Å²) in [6.07, 6.45) is -0.483. The number of hydrogen-bond donors (Lipinski definition) is 3. The van der Waals surface area contributed by atoms with Gasteiger partial charge in [0.2, 0.25) is 5.91 Å². The highest BCUT2D eigenvalue weighted by molar-refractivity contribution is 5.79. The number of aliphatic hydroxyl groups is 1. The van der Waals surface area contributed by atoms with Crippen molar-refractivity contribution in [2.24, 2.45) is 0 Å². The van der Waals surface area contributed by atoms with Crippen LogP contribution in [0.3, 0.4) is 0 Å². The van der Waals surface area contributed by atoms with Gasteiger partial charge < -0.3 is 16.2 Å².